The minimum atomic E-state index is -6.03. The van der Waals surface area contributed by atoms with Crippen LogP contribution < -0.4 is 0 Å². The van der Waals surface area contributed by atoms with Gasteiger partial charge >= 0.3 is 27.3 Å². The molecule has 0 aromatic heterocycles. The lowest BCUT2D eigenvalue weighted by Gasteiger charge is -2.55. The lowest BCUT2D eigenvalue weighted by atomic mass is 9.49. The molecule has 0 radical (unpaired) electrons. The molecule has 7 fully saturated rings. The molecule has 1 saturated heterocycles. The number of hydrogen-bond acceptors (Lipinski definition) is 9. The molecule has 6 saturated carbocycles. The molecule has 0 aromatic rings. The van der Waals surface area contributed by atoms with Gasteiger partial charge in [-0.3, -0.25) is 18.3 Å². The molecule has 7 rings (SSSR count). The van der Waals surface area contributed by atoms with E-state index in [4.69, 9.17) is 18.2 Å². The summed E-state index contributed by atoms with van der Waals surface area (Å²) in [6, 6.07) is 0. The Morgan fingerprint density at radius 2 is 1.63 bits per heavy atom. The van der Waals surface area contributed by atoms with E-state index in [1.807, 2.05) is 0 Å². The van der Waals surface area contributed by atoms with Crippen molar-refractivity contribution in [3.63, 3.8) is 0 Å². The van der Waals surface area contributed by atoms with E-state index < -0.39 is 97.3 Å². The molecule has 6 bridgehead atoms. The number of alkyl halides is 3. The first-order chi connectivity index (χ1) is 17.6. The van der Waals surface area contributed by atoms with Gasteiger partial charge < -0.3 is 9.47 Å². The van der Waals surface area contributed by atoms with Crippen molar-refractivity contribution in [1.82, 2.24) is 0 Å². The van der Waals surface area contributed by atoms with E-state index in [1.165, 1.54) is 0 Å². The van der Waals surface area contributed by atoms with Crippen LogP contribution in [-0.2, 0) is 43.5 Å². The number of esters is 2. The first-order valence-electron chi connectivity index (χ1n) is 12.9. The van der Waals surface area contributed by atoms with Crippen LogP contribution in [0.1, 0.15) is 51.4 Å². The molecule has 214 valence electrons. The zero-order valence-electron chi connectivity index (χ0n) is 20.2. The van der Waals surface area contributed by atoms with E-state index in [-0.39, 0.29) is 6.42 Å². The average molecular weight is 587 g/mol. The van der Waals surface area contributed by atoms with E-state index in [1.54, 1.807) is 0 Å². The third kappa shape index (κ3) is 3.92. The Bertz CT molecular complexity index is 1220. The number of hydrogen-bond donors (Lipinski definition) is 1. The van der Waals surface area contributed by atoms with Gasteiger partial charge in [0.25, 0.3) is 10.1 Å². The molecule has 7 unspecified atom stereocenters. The molecule has 6 aliphatic carbocycles. The van der Waals surface area contributed by atoms with Gasteiger partial charge in [-0.05, 0) is 62.7 Å². The molecular weight excluding hydrogens is 557 g/mol. The normalized spacial score (nSPS) is 44.8. The van der Waals surface area contributed by atoms with E-state index in [0.717, 1.165) is 38.5 Å². The summed E-state index contributed by atoms with van der Waals surface area (Å²) in [5, 5.41) is -6.36. The van der Waals surface area contributed by atoms with Crippen molar-refractivity contribution in [3.05, 3.63) is 0 Å². The van der Waals surface area contributed by atoms with Crippen LogP contribution in [0.2, 0.25) is 0 Å². The van der Waals surface area contributed by atoms with Crippen LogP contribution in [-0.4, -0.2) is 68.8 Å². The Balaban J connectivity index is 1.15. The second kappa shape index (κ2) is 8.53. The van der Waals surface area contributed by atoms with Gasteiger partial charge in [-0.1, -0.05) is 0 Å². The average Bonchev–Trinajstić information content (AvgIpc) is 3.40. The van der Waals surface area contributed by atoms with Crippen LogP contribution in [0, 0.1) is 40.9 Å². The van der Waals surface area contributed by atoms with Crippen LogP contribution in [0.4, 0.5) is 13.2 Å². The van der Waals surface area contributed by atoms with Crippen molar-refractivity contribution in [1.29, 1.82) is 0 Å². The van der Waals surface area contributed by atoms with Gasteiger partial charge in [-0.2, -0.15) is 25.6 Å². The summed E-state index contributed by atoms with van der Waals surface area (Å²) in [4.78, 5) is 26.5. The van der Waals surface area contributed by atoms with Crippen LogP contribution in [0.25, 0.3) is 0 Å². The van der Waals surface area contributed by atoms with Gasteiger partial charge in [0.1, 0.15) is 17.5 Å². The van der Waals surface area contributed by atoms with Crippen LogP contribution in [0.3, 0.4) is 0 Å². The van der Waals surface area contributed by atoms with Gasteiger partial charge in [0.2, 0.25) is 0 Å². The zero-order chi connectivity index (χ0) is 27.4. The standard InChI is InChI=1S/C23H29F3O10S2/c24-15(23(25,26)38(31,32)33)1-2-34-20(27)16-13-6-14-18(36-37(29,30)19(14)16)17(13)35-21(28)22-7-10-3-11(8-22)5-12(4-10)9-22/h10-19H,1-9H2,(H,31,32,33). The SMILES string of the molecule is O=C(OCCC(F)C(F)(F)S(=O)(=O)O)C1C2CC3C(OS(=O)(=O)C31)C2OC(=O)C12CC3CC(CC(C3)C1)C2. The van der Waals surface area contributed by atoms with Crippen molar-refractivity contribution in [2.24, 2.45) is 40.9 Å². The Hall–Kier alpha value is -1.45. The first-order valence-corrected chi connectivity index (χ1v) is 15.8. The predicted octanol–water partition coefficient (Wildman–Crippen LogP) is 2.23. The topological polar surface area (TPSA) is 150 Å². The minimum absolute atomic E-state index is 0.222. The second-order valence-electron chi connectivity index (χ2n) is 12.1. The number of ether oxygens (including phenoxy) is 2. The fraction of sp³-hybridized carbons (Fsp3) is 0.913. The number of halogens is 3. The fourth-order valence-electron chi connectivity index (χ4n) is 8.75. The third-order valence-electron chi connectivity index (χ3n) is 9.84. The minimum Gasteiger partial charge on any atom is -0.465 e. The van der Waals surface area contributed by atoms with Crippen molar-refractivity contribution >= 4 is 32.2 Å². The molecule has 0 aromatic carbocycles. The molecule has 10 nitrogen and oxygen atoms in total. The van der Waals surface area contributed by atoms with Crippen LogP contribution >= 0.6 is 0 Å². The smallest absolute Gasteiger partial charge is 0.400 e. The molecule has 1 aliphatic heterocycles. The quantitative estimate of drug-likeness (QED) is 0.255. The summed E-state index contributed by atoms with van der Waals surface area (Å²) in [6.07, 6.45) is -0.783. The van der Waals surface area contributed by atoms with Gasteiger partial charge in [0.15, 0.2) is 6.17 Å². The lowest BCUT2D eigenvalue weighted by Crippen LogP contribution is -2.53. The number of fused-ring (bicyclic) bond motifs is 1. The number of carbonyl (C=O) groups is 2. The highest BCUT2D eigenvalue weighted by Crippen LogP contribution is 2.62. The Morgan fingerprint density at radius 1 is 1.05 bits per heavy atom. The van der Waals surface area contributed by atoms with Crippen LogP contribution in [0.5, 0.6) is 0 Å². The maximum atomic E-state index is 13.8. The fourth-order valence-corrected chi connectivity index (χ4v) is 11.2. The Kier molecular flexibility index (Phi) is 6.00. The molecule has 7 aliphatic rings. The van der Waals surface area contributed by atoms with Crippen molar-refractivity contribution in [2.75, 3.05) is 6.61 Å². The summed E-state index contributed by atoms with van der Waals surface area (Å²) < 4.78 is 112. The number of rotatable bonds is 8. The summed E-state index contributed by atoms with van der Waals surface area (Å²) in [5.41, 5.74) is -0.613. The van der Waals surface area contributed by atoms with E-state index >= 15 is 0 Å². The molecule has 7 atom stereocenters. The van der Waals surface area contributed by atoms with E-state index in [0.29, 0.717) is 17.8 Å². The molecular formula is C23H29F3O10S2. The first kappa shape index (κ1) is 26.8. The van der Waals surface area contributed by atoms with Gasteiger partial charge in [0.05, 0.1) is 17.9 Å². The maximum absolute atomic E-state index is 13.8. The second-order valence-corrected chi connectivity index (χ2v) is 15.4. The highest BCUT2D eigenvalue weighted by Gasteiger charge is 2.72. The van der Waals surface area contributed by atoms with Crippen molar-refractivity contribution < 1.29 is 57.8 Å². The highest BCUT2D eigenvalue weighted by molar-refractivity contribution is 7.87. The molecule has 15 heteroatoms. The summed E-state index contributed by atoms with van der Waals surface area (Å²) in [6.45, 7) is -0.978. The van der Waals surface area contributed by atoms with Gasteiger partial charge in [-0.15, -0.1) is 0 Å². The summed E-state index contributed by atoms with van der Waals surface area (Å²) in [7, 11) is -10.2. The van der Waals surface area contributed by atoms with E-state index in [2.05, 4.69) is 0 Å². The summed E-state index contributed by atoms with van der Waals surface area (Å²) >= 11 is 0. The molecule has 1 N–H and O–H groups in total. The third-order valence-corrected chi connectivity index (χ3v) is 12.6. The molecule has 1 heterocycles. The number of carbonyl (C=O) groups excluding carboxylic acids is 2. The lowest BCUT2D eigenvalue weighted by molar-refractivity contribution is -0.186. The largest absolute Gasteiger partial charge is 0.465 e. The molecule has 38 heavy (non-hydrogen) atoms. The van der Waals surface area contributed by atoms with Gasteiger partial charge in [0, 0.05) is 18.3 Å². The maximum Gasteiger partial charge on any atom is 0.400 e. The van der Waals surface area contributed by atoms with E-state index in [9.17, 15) is 39.6 Å². The van der Waals surface area contributed by atoms with Crippen LogP contribution in [0.15, 0.2) is 0 Å². The molecule has 0 amide bonds. The zero-order valence-corrected chi connectivity index (χ0v) is 21.8. The van der Waals surface area contributed by atoms with Gasteiger partial charge in [-0.25, -0.2) is 4.39 Å². The summed E-state index contributed by atoms with van der Waals surface area (Å²) in [5.74, 6) is -2.75. The monoisotopic (exact) mass is 586 g/mol. The Morgan fingerprint density at radius 3 is 2.18 bits per heavy atom. The van der Waals surface area contributed by atoms with Crippen molar-refractivity contribution in [3.8, 4) is 0 Å². The highest BCUT2D eigenvalue weighted by atomic mass is 32.2. The van der Waals surface area contributed by atoms with Crippen molar-refractivity contribution in [2.45, 2.75) is 80.3 Å². The predicted molar refractivity (Wildman–Crippen MR) is 120 cm³/mol. The molecule has 0 spiro atoms. The Labute approximate surface area is 217 Å².